The maximum atomic E-state index is 12.0. The number of carbonyl (C=O) groups is 2. The molecule has 1 rings (SSSR count). The Bertz CT molecular complexity index is 322. The van der Waals surface area contributed by atoms with Crippen LogP contribution >= 0.6 is 0 Å². The Morgan fingerprint density at radius 2 is 2.11 bits per heavy atom. The van der Waals surface area contributed by atoms with Crippen LogP contribution in [0.25, 0.3) is 0 Å². The summed E-state index contributed by atoms with van der Waals surface area (Å²) in [6.45, 7) is 5.01. The van der Waals surface area contributed by atoms with Gasteiger partial charge in [-0.3, -0.25) is 14.5 Å². The zero-order valence-corrected chi connectivity index (χ0v) is 12.1. The molecule has 0 aromatic heterocycles. The summed E-state index contributed by atoms with van der Waals surface area (Å²) in [4.78, 5) is 27.3. The molecule has 0 saturated carbocycles. The highest BCUT2D eigenvalue weighted by molar-refractivity contribution is 5.78. The van der Waals surface area contributed by atoms with E-state index in [0.717, 1.165) is 13.0 Å². The van der Waals surface area contributed by atoms with Gasteiger partial charge < -0.3 is 15.4 Å². The van der Waals surface area contributed by atoms with Crippen LogP contribution in [0, 0.1) is 11.8 Å². The normalized spacial score (nSPS) is 23.4. The molecule has 1 saturated heterocycles. The van der Waals surface area contributed by atoms with E-state index in [1.54, 1.807) is 11.9 Å². The molecular weight excluding hydrogens is 246 g/mol. The number of hydrogen-bond donors (Lipinski definition) is 1. The molecule has 0 aromatic rings. The SMILES string of the molecule is COC(=O)C1CN(CC(=O)N(C)CCCN)CC1C. The van der Waals surface area contributed by atoms with Gasteiger partial charge in [0.1, 0.15) is 0 Å². The Morgan fingerprint density at radius 3 is 2.68 bits per heavy atom. The van der Waals surface area contributed by atoms with Gasteiger partial charge in [0.25, 0.3) is 0 Å². The summed E-state index contributed by atoms with van der Waals surface area (Å²) < 4.78 is 4.78. The lowest BCUT2D eigenvalue weighted by atomic mass is 9.99. The van der Waals surface area contributed by atoms with Crippen molar-refractivity contribution < 1.29 is 14.3 Å². The molecule has 1 amide bonds. The standard InChI is InChI=1S/C13H25N3O3/c1-10-7-16(8-11(10)13(18)19-3)9-12(17)15(2)6-4-5-14/h10-11H,4-9,14H2,1-3H3. The molecule has 0 aromatic carbocycles. The Labute approximate surface area is 114 Å². The fourth-order valence-corrected chi connectivity index (χ4v) is 2.42. The number of nitrogens with zero attached hydrogens (tertiary/aromatic N) is 2. The first-order valence-corrected chi connectivity index (χ1v) is 6.73. The third-order valence-electron chi connectivity index (χ3n) is 3.67. The number of nitrogens with two attached hydrogens (primary N) is 1. The molecule has 6 heteroatoms. The number of esters is 1. The lowest BCUT2D eigenvalue weighted by Crippen LogP contribution is -2.38. The monoisotopic (exact) mass is 271 g/mol. The Kier molecular flexibility index (Phi) is 6.24. The minimum absolute atomic E-state index is 0.0752. The van der Waals surface area contributed by atoms with E-state index in [-0.39, 0.29) is 23.7 Å². The molecule has 110 valence electrons. The summed E-state index contributed by atoms with van der Waals surface area (Å²) in [5.41, 5.74) is 5.43. The number of ether oxygens (including phenoxy) is 1. The molecule has 1 aliphatic rings. The van der Waals surface area contributed by atoms with Gasteiger partial charge in [0.15, 0.2) is 0 Å². The van der Waals surface area contributed by atoms with Crippen LogP contribution in [0.2, 0.25) is 0 Å². The van der Waals surface area contributed by atoms with Crippen molar-refractivity contribution in [2.45, 2.75) is 13.3 Å². The number of rotatable bonds is 6. The largest absolute Gasteiger partial charge is 0.469 e. The second-order valence-electron chi connectivity index (χ2n) is 5.26. The van der Waals surface area contributed by atoms with E-state index in [1.807, 2.05) is 11.8 Å². The molecule has 1 fully saturated rings. The second-order valence-corrected chi connectivity index (χ2v) is 5.26. The van der Waals surface area contributed by atoms with Crippen LogP contribution in [0.3, 0.4) is 0 Å². The van der Waals surface area contributed by atoms with Crippen molar-refractivity contribution >= 4 is 11.9 Å². The van der Waals surface area contributed by atoms with E-state index in [2.05, 4.69) is 0 Å². The summed E-state index contributed by atoms with van der Waals surface area (Å²) in [7, 11) is 3.19. The highest BCUT2D eigenvalue weighted by Gasteiger charge is 2.36. The van der Waals surface area contributed by atoms with E-state index in [9.17, 15) is 9.59 Å². The highest BCUT2D eigenvalue weighted by Crippen LogP contribution is 2.23. The Morgan fingerprint density at radius 1 is 1.42 bits per heavy atom. The van der Waals surface area contributed by atoms with Crippen LogP contribution in [0.4, 0.5) is 0 Å². The summed E-state index contributed by atoms with van der Waals surface area (Å²) in [6, 6.07) is 0. The number of hydrogen-bond acceptors (Lipinski definition) is 5. The van der Waals surface area contributed by atoms with Crippen molar-refractivity contribution in [3.8, 4) is 0 Å². The lowest BCUT2D eigenvalue weighted by molar-refractivity contribution is -0.146. The quantitative estimate of drug-likeness (QED) is 0.661. The zero-order valence-electron chi connectivity index (χ0n) is 12.1. The number of likely N-dealkylation sites (tertiary alicyclic amines) is 1. The van der Waals surface area contributed by atoms with Crippen LogP contribution in [0.5, 0.6) is 0 Å². The fraction of sp³-hybridized carbons (Fsp3) is 0.846. The van der Waals surface area contributed by atoms with E-state index in [1.165, 1.54) is 7.11 Å². The molecule has 1 heterocycles. The van der Waals surface area contributed by atoms with Gasteiger partial charge in [-0.1, -0.05) is 6.92 Å². The third kappa shape index (κ3) is 4.47. The topological polar surface area (TPSA) is 75.9 Å². The minimum Gasteiger partial charge on any atom is -0.469 e. The number of carbonyl (C=O) groups excluding carboxylic acids is 2. The predicted molar refractivity (Wildman–Crippen MR) is 72.4 cm³/mol. The molecule has 0 spiro atoms. The van der Waals surface area contributed by atoms with Crippen molar-refractivity contribution in [3.63, 3.8) is 0 Å². The van der Waals surface area contributed by atoms with Gasteiger partial charge in [0.05, 0.1) is 19.6 Å². The molecule has 19 heavy (non-hydrogen) atoms. The van der Waals surface area contributed by atoms with Crippen molar-refractivity contribution in [3.05, 3.63) is 0 Å². The first kappa shape index (κ1) is 15.9. The molecule has 0 radical (unpaired) electrons. The highest BCUT2D eigenvalue weighted by atomic mass is 16.5. The van der Waals surface area contributed by atoms with Crippen LogP contribution in [-0.4, -0.2) is 68.6 Å². The molecule has 2 atom stereocenters. The smallest absolute Gasteiger partial charge is 0.310 e. The van der Waals surface area contributed by atoms with Crippen LogP contribution in [-0.2, 0) is 14.3 Å². The van der Waals surface area contributed by atoms with E-state index < -0.39 is 0 Å². The molecule has 0 bridgehead atoms. The van der Waals surface area contributed by atoms with Gasteiger partial charge in [0, 0.05) is 26.7 Å². The number of likely N-dealkylation sites (N-methyl/N-ethyl adjacent to an activating group) is 1. The first-order valence-electron chi connectivity index (χ1n) is 6.73. The second kappa shape index (κ2) is 7.45. The average molecular weight is 271 g/mol. The van der Waals surface area contributed by atoms with Gasteiger partial charge in [-0.05, 0) is 18.9 Å². The van der Waals surface area contributed by atoms with Crippen LogP contribution in [0.1, 0.15) is 13.3 Å². The molecule has 0 aliphatic carbocycles. The zero-order chi connectivity index (χ0) is 14.4. The fourth-order valence-electron chi connectivity index (χ4n) is 2.42. The van der Waals surface area contributed by atoms with Gasteiger partial charge >= 0.3 is 5.97 Å². The Hall–Kier alpha value is -1.14. The maximum absolute atomic E-state index is 12.0. The van der Waals surface area contributed by atoms with Crippen molar-refractivity contribution in [1.29, 1.82) is 0 Å². The van der Waals surface area contributed by atoms with Crippen molar-refractivity contribution in [1.82, 2.24) is 9.80 Å². The van der Waals surface area contributed by atoms with E-state index in [4.69, 9.17) is 10.5 Å². The van der Waals surface area contributed by atoms with Gasteiger partial charge in [-0.2, -0.15) is 0 Å². The van der Waals surface area contributed by atoms with E-state index >= 15 is 0 Å². The molecule has 2 N–H and O–H groups in total. The molecular formula is C13H25N3O3. The van der Waals surface area contributed by atoms with Gasteiger partial charge in [-0.25, -0.2) is 0 Å². The average Bonchev–Trinajstić information content (AvgIpc) is 2.75. The molecule has 2 unspecified atom stereocenters. The van der Waals surface area contributed by atoms with Crippen molar-refractivity contribution in [2.75, 3.05) is 46.9 Å². The Balaban J connectivity index is 2.42. The summed E-state index contributed by atoms with van der Waals surface area (Å²) in [5, 5.41) is 0. The minimum atomic E-state index is -0.182. The first-order chi connectivity index (χ1) is 8.99. The summed E-state index contributed by atoms with van der Waals surface area (Å²) in [6.07, 6.45) is 0.809. The third-order valence-corrected chi connectivity index (χ3v) is 3.67. The van der Waals surface area contributed by atoms with Gasteiger partial charge in [-0.15, -0.1) is 0 Å². The van der Waals surface area contributed by atoms with E-state index in [0.29, 0.717) is 26.2 Å². The molecule has 6 nitrogen and oxygen atoms in total. The van der Waals surface area contributed by atoms with Crippen LogP contribution < -0.4 is 5.73 Å². The lowest BCUT2D eigenvalue weighted by Gasteiger charge is -2.21. The number of methoxy groups -OCH3 is 1. The summed E-state index contributed by atoms with van der Waals surface area (Å²) in [5.74, 6) is 0.00634. The van der Waals surface area contributed by atoms with Crippen LogP contribution in [0.15, 0.2) is 0 Å². The molecule has 1 aliphatic heterocycles. The van der Waals surface area contributed by atoms with Gasteiger partial charge in [0.2, 0.25) is 5.91 Å². The number of amides is 1. The van der Waals surface area contributed by atoms with Crippen molar-refractivity contribution in [2.24, 2.45) is 17.6 Å². The predicted octanol–water partition coefficient (Wildman–Crippen LogP) is -0.465. The maximum Gasteiger partial charge on any atom is 0.310 e. The summed E-state index contributed by atoms with van der Waals surface area (Å²) >= 11 is 0.